The minimum absolute atomic E-state index is 0.528. The molecule has 0 amide bonds. The van der Waals surface area contributed by atoms with Gasteiger partial charge in [0.15, 0.2) is 0 Å². The molecule has 0 aliphatic heterocycles. The van der Waals surface area contributed by atoms with E-state index >= 15 is 0 Å². The van der Waals surface area contributed by atoms with Crippen LogP contribution in [0.25, 0.3) is 0 Å². The molecule has 0 saturated heterocycles. The van der Waals surface area contributed by atoms with Gasteiger partial charge in [-0.15, -0.1) is 0 Å². The lowest BCUT2D eigenvalue weighted by atomic mass is 10.1. The topological polar surface area (TPSA) is 39.1 Å². The van der Waals surface area contributed by atoms with Gasteiger partial charge in [-0.3, -0.25) is 0 Å². The number of imidazole rings is 1. The van der Waals surface area contributed by atoms with Crippen molar-refractivity contribution in [1.82, 2.24) is 14.9 Å². The van der Waals surface area contributed by atoms with Crippen molar-refractivity contribution in [3.63, 3.8) is 0 Å². The molecule has 1 aromatic carbocycles. The van der Waals surface area contributed by atoms with Crippen LogP contribution in [0.3, 0.4) is 0 Å². The summed E-state index contributed by atoms with van der Waals surface area (Å²) in [5.41, 5.74) is 2.88. The van der Waals surface area contributed by atoms with Gasteiger partial charge in [-0.05, 0) is 49.1 Å². The third kappa shape index (κ3) is 3.45. The number of nitrogens with one attached hydrogen (secondary N) is 1. The van der Waals surface area contributed by atoms with Crippen LogP contribution in [-0.4, -0.2) is 22.7 Å². The summed E-state index contributed by atoms with van der Waals surface area (Å²) in [4.78, 5) is 4.03. The van der Waals surface area contributed by atoms with Crippen molar-refractivity contribution in [2.24, 2.45) is 0 Å². The molecule has 2 aromatic rings. The Morgan fingerprint density at radius 2 is 2.38 bits per heavy atom. The van der Waals surface area contributed by atoms with Gasteiger partial charge in [0.25, 0.3) is 0 Å². The molecule has 112 valence electrons. The lowest BCUT2D eigenvalue weighted by Crippen LogP contribution is -2.19. The monoisotopic (exact) mass is 285 g/mol. The fourth-order valence-corrected chi connectivity index (χ4v) is 2.90. The zero-order valence-corrected chi connectivity index (χ0v) is 12.6. The smallest absolute Gasteiger partial charge is 0.119 e. The second-order valence-electron chi connectivity index (χ2n) is 5.55. The van der Waals surface area contributed by atoms with Crippen LogP contribution in [0.15, 0.2) is 36.9 Å². The van der Waals surface area contributed by atoms with Crippen molar-refractivity contribution in [3.8, 4) is 5.75 Å². The van der Waals surface area contributed by atoms with Gasteiger partial charge < -0.3 is 14.6 Å². The first kappa shape index (κ1) is 14.1. The summed E-state index contributed by atoms with van der Waals surface area (Å²) in [6.07, 6.45) is 9.09. The van der Waals surface area contributed by atoms with Gasteiger partial charge >= 0.3 is 0 Å². The van der Waals surface area contributed by atoms with Crippen LogP contribution in [0.5, 0.6) is 5.75 Å². The van der Waals surface area contributed by atoms with E-state index in [1.54, 1.807) is 6.20 Å². The Kier molecular flexibility index (Phi) is 4.55. The number of hydrogen-bond donors (Lipinski definition) is 1. The standard InChI is InChI=1S/C17H23N3O/c1-2-7-19-17-6-3-14-12-15(4-5-16(14)17)21-11-10-20-9-8-18-13-20/h4-5,8-9,12-13,17,19H,2-3,6-7,10-11H2,1H3. The van der Waals surface area contributed by atoms with E-state index in [0.717, 1.165) is 25.3 Å². The highest BCUT2D eigenvalue weighted by molar-refractivity contribution is 5.40. The Bertz CT molecular complexity index is 565. The average Bonchev–Trinajstić information content (AvgIpc) is 3.14. The summed E-state index contributed by atoms with van der Waals surface area (Å²) in [5, 5.41) is 3.62. The van der Waals surface area contributed by atoms with E-state index < -0.39 is 0 Å². The van der Waals surface area contributed by atoms with E-state index in [0.29, 0.717) is 12.6 Å². The molecule has 1 heterocycles. The molecule has 1 N–H and O–H groups in total. The highest BCUT2D eigenvalue weighted by Gasteiger charge is 2.21. The molecular weight excluding hydrogens is 262 g/mol. The quantitative estimate of drug-likeness (QED) is 0.850. The van der Waals surface area contributed by atoms with Crippen LogP contribution in [0.4, 0.5) is 0 Å². The number of rotatable bonds is 7. The lowest BCUT2D eigenvalue weighted by molar-refractivity contribution is 0.298. The number of nitrogens with zero attached hydrogens (tertiary/aromatic N) is 2. The molecule has 21 heavy (non-hydrogen) atoms. The zero-order chi connectivity index (χ0) is 14.5. The second-order valence-corrected chi connectivity index (χ2v) is 5.55. The molecule has 0 radical (unpaired) electrons. The number of aromatic nitrogens is 2. The van der Waals surface area contributed by atoms with Crippen LogP contribution in [0, 0.1) is 0 Å². The van der Waals surface area contributed by atoms with Gasteiger partial charge in [-0.2, -0.15) is 0 Å². The van der Waals surface area contributed by atoms with Gasteiger partial charge in [-0.25, -0.2) is 4.98 Å². The van der Waals surface area contributed by atoms with Crippen molar-refractivity contribution >= 4 is 0 Å². The zero-order valence-electron chi connectivity index (χ0n) is 12.6. The Morgan fingerprint density at radius 1 is 1.43 bits per heavy atom. The van der Waals surface area contributed by atoms with E-state index in [1.165, 1.54) is 24.0 Å². The first-order valence-electron chi connectivity index (χ1n) is 7.81. The molecule has 0 bridgehead atoms. The van der Waals surface area contributed by atoms with Crippen LogP contribution in [0.1, 0.15) is 36.9 Å². The molecule has 1 unspecified atom stereocenters. The number of hydrogen-bond acceptors (Lipinski definition) is 3. The van der Waals surface area contributed by atoms with E-state index in [4.69, 9.17) is 4.74 Å². The molecule has 1 aromatic heterocycles. The molecular formula is C17H23N3O. The van der Waals surface area contributed by atoms with E-state index in [2.05, 4.69) is 35.4 Å². The maximum Gasteiger partial charge on any atom is 0.119 e. The minimum Gasteiger partial charge on any atom is -0.492 e. The van der Waals surface area contributed by atoms with Crippen LogP contribution >= 0.6 is 0 Å². The number of ether oxygens (including phenoxy) is 1. The third-order valence-corrected chi connectivity index (χ3v) is 4.01. The van der Waals surface area contributed by atoms with E-state index in [-0.39, 0.29) is 0 Å². The van der Waals surface area contributed by atoms with Crippen molar-refractivity contribution in [1.29, 1.82) is 0 Å². The number of fused-ring (bicyclic) bond motifs is 1. The Balaban J connectivity index is 1.56. The first-order chi connectivity index (χ1) is 10.4. The highest BCUT2D eigenvalue weighted by atomic mass is 16.5. The highest BCUT2D eigenvalue weighted by Crippen LogP contribution is 2.33. The summed E-state index contributed by atoms with van der Waals surface area (Å²) >= 11 is 0. The van der Waals surface area contributed by atoms with Crippen LogP contribution in [-0.2, 0) is 13.0 Å². The van der Waals surface area contributed by atoms with Gasteiger partial charge in [0.2, 0.25) is 0 Å². The second kappa shape index (κ2) is 6.76. The Labute approximate surface area is 126 Å². The summed E-state index contributed by atoms with van der Waals surface area (Å²) in [5.74, 6) is 0.977. The maximum absolute atomic E-state index is 5.85. The Morgan fingerprint density at radius 3 is 3.19 bits per heavy atom. The molecule has 0 spiro atoms. The molecule has 3 rings (SSSR count). The normalized spacial score (nSPS) is 16.9. The molecule has 1 aliphatic rings. The molecule has 1 aliphatic carbocycles. The summed E-state index contributed by atoms with van der Waals surface area (Å²) < 4.78 is 7.88. The van der Waals surface area contributed by atoms with Crippen molar-refractivity contribution in [3.05, 3.63) is 48.0 Å². The predicted octanol–water partition coefficient (Wildman–Crippen LogP) is 2.95. The largest absolute Gasteiger partial charge is 0.492 e. The molecule has 1 atom stereocenters. The fourth-order valence-electron chi connectivity index (χ4n) is 2.90. The van der Waals surface area contributed by atoms with Crippen LogP contribution < -0.4 is 10.1 Å². The Hall–Kier alpha value is -1.81. The van der Waals surface area contributed by atoms with Crippen molar-refractivity contribution in [2.75, 3.05) is 13.2 Å². The molecule has 4 nitrogen and oxygen atoms in total. The molecule has 0 saturated carbocycles. The molecule has 0 fully saturated rings. The van der Waals surface area contributed by atoms with E-state index in [1.807, 2.05) is 17.1 Å². The van der Waals surface area contributed by atoms with Gasteiger partial charge in [0.05, 0.1) is 12.9 Å². The number of aryl methyl sites for hydroxylation is 1. The van der Waals surface area contributed by atoms with Crippen LogP contribution in [0.2, 0.25) is 0 Å². The molecule has 4 heteroatoms. The summed E-state index contributed by atoms with van der Waals surface area (Å²) in [7, 11) is 0. The summed E-state index contributed by atoms with van der Waals surface area (Å²) in [6.45, 7) is 4.80. The fraction of sp³-hybridized carbons (Fsp3) is 0.471. The SMILES string of the molecule is CCCNC1CCc2cc(OCCn3ccnc3)ccc21. The number of benzene rings is 1. The van der Waals surface area contributed by atoms with E-state index in [9.17, 15) is 0 Å². The predicted molar refractivity (Wildman–Crippen MR) is 83.5 cm³/mol. The minimum atomic E-state index is 0.528. The van der Waals surface area contributed by atoms with Crippen molar-refractivity contribution < 1.29 is 4.74 Å². The maximum atomic E-state index is 5.85. The summed E-state index contributed by atoms with van der Waals surface area (Å²) in [6, 6.07) is 7.05. The lowest BCUT2D eigenvalue weighted by Gasteiger charge is -2.14. The van der Waals surface area contributed by atoms with Crippen molar-refractivity contribution in [2.45, 2.75) is 38.8 Å². The van der Waals surface area contributed by atoms with Gasteiger partial charge in [-0.1, -0.05) is 13.0 Å². The van der Waals surface area contributed by atoms with Gasteiger partial charge in [0, 0.05) is 18.4 Å². The average molecular weight is 285 g/mol. The first-order valence-corrected chi connectivity index (χ1v) is 7.81. The van der Waals surface area contributed by atoms with Gasteiger partial charge in [0.1, 0.15) is 12.4 Å². The third-order valence-electron chi connectivity index (χ3n) is 4.01.